The van der Waals surface area contributed by atoms with E-state index >= 15 is 0 Å². The molecule has 1 fully saturated rings. The van der Waals surface area contributed by atoms with Crippen molar-refractivity contribution in [2.24, 2.45) is 0 Å². The molecule has 0 unspecified atom stereocenters. The number of piperazine rings is 1. The summed E-state index contributed by atoms with van der Waals surface area (Å²) in [5.74, 6) is 1.26. The van der Waals surface area contributed by atoms with Crippen LogP contribution in [0.2, 0.25) is 0 Å². The number of halogens is 6. The first-order valence-electron chi connectivity index (χ1n) is 12.5. The number of hydrogen-bond donors (Lipinski definition) is 1. The zero-order valence-corrected chi connectivity index (χ0v) is 22.8. The zero-order valence-electron chi connectivity index (χ0n) is 22.8. The van der Waals surface area contributed by atoms with Gasteiger partial charge in [-0.15, -0.1) is 0 Å². The third-order valence-electron chi connectivity index (χ3n) is 6.20. The highest BCUT2D eigenvalue weighted by Crippen LogP contribution is 2.38. The molecule has 1 aliphatic heterocycles. The summed E-state index contributed by atoms with van der Waals surface area (Å²) in [6, 6.07) is 7.32. The standard InChI is InChI=1S/C26H28F6N6O4/c1-39-19-11-16(12-20(40-2)21(19)41-3)14-37-7-9-38(10-8-37)23-34-22(35-24(36-23)42-15-25(27,28)29)33-18-6-4-5-17(13-18)26(30,31)32/h4-6,11-13H,7-10,14-15H2,1-3H3,(H,33,34,35,36). The van der Waals surface area contributed by atoms with Crippen molar-refractivity contribution in [2.75, 3.05) is 64.3 Å². The Hall–Kier alpha value is -4.21. The Labute approximate surface area is 237 Å². The molecule has 16 heteroatoms. The number of benzene rings is 2. The molecule has 0 atom stereocenters. The van der Waals surface area contributed by atoms with Crippen LogP contribution in [-0.2, 0) is 12.7 Å². The fraction of sp³-hybridized carbons (Fsp3) is 0.423. The lowest BCUT2D eigenvalue weighted by atomic mass is 10.1. The van der Waals surface area contributed by atoms with E-state index in [0.29, 0.717) is 50.0 Å². The van der Waals surface area contributed by atoms with E-state index in [-0.39, 0.29) is 17.6 Å². The quantitative estimate of drug-likeness (QED) is 0.322. The van der Waals surface area contributed by atoms with Crippen molar-refractivity contribution in [3.05, 3.63) is 47.5 Å². The third-order valence-corrected chi connectivity index (χ3v) is 6.20. The first-order valence-corrected chi connectivity index (χ1v) is 12.5. The molecule has 4 rings (SSSR count). The number of nitrogens with zero attached hydrogens (tertiary/aromatic N) is 5. The van der Waals surface area contributed by atoms with Crippen LogP contribution in [0.4, 0.5) is 43.9 Å². The number of hydrogen-bond acceptors (Lipinski definition) is 10. The van der Waals surface area contributed by atoms with E-state index in [4.69, 9.17) is 18.9 Å². The van der Waals surface area contributed by atoms with Crippen molar-refractivity contribution in [3.63, 3.8) is 0 Å². The summed E-state index contributed by atoms with van der Waals surface area (Å²) in [7, 11) is 4.56. The Morgan fingerprint density at radius 1 is 0.833 bits per heavy atom. The fourth-order valence-corrected chi connectivity index (χ4v) is 4.25. The average molecular weight is 603 g/mol. The van der Waals surface area contributed by atoms with Gasteiger partial charge in [0.2, 0.25) is 17.6 Å². The topological polar surface area (TPSA) is 94.1 Å². The number of methoxy groups -OCH3 is 3. The van der Waals surface area contributed by atoms with E-state index in [1.165, 1.54) is 33.5 Å². The van der Waals surface area contributed by atoms with Crippen molar-refractivity contribution >= 4 is 17.6 Å². The van der Waals surface area contributed by atoms with Crippen LogP contribution in [0.15, 0.2) is 36.4 Å². The van der Waals surface area contributed by atoms with Gasteiger partial charge in [-0.25, -0.2) is 0 Å². The smallest absolute Gasteiger partial charge is 0.422 e. The summed E-state index contributed by atoms with van der Waals surface area (Å²) in [4.78, 5) is 16.0. The van der Waals surface area contributed by atoms with Crippen LogP contribution in [0, 0.1) is 0 Å². The van der Waals surface area contributed by atoms with E-state index in [2.05, 4.69) is 25.2 Å². The van der Waals surface area contributed by atoms with Crippen LogP contribution in [0.25, 0.3) is 0 Å². The second-order valence-corrected chi connectivity index (χ2v) is 9.15. The summed E-state index contributed by atoms with van der Waals surface area (Å²) in [5, 5.41) is 2.61. The van der Waals surface area contributed by atoms with Gasteiger partial charge in [-0.3, -0.25) is 4.90 Å². The van der Waals surface area contributed by atoms with Gasteiger partial charge in [0.05, 0.1) is 26.9 Å². The van der Waals surface area contributed by atoms with Crippen LogP contribution in [0.3, 0.4) is 0 Å². The van der Waals surface area contributed by atoms with Crippen molar-refractivity contribution in [3.8, 4) is 23.3 Å². The van der Waals surface area contributed by atoms with Crippen LogP contribution in [0.1, 0.15) is 11.1 Å². The van der Waals surface area contributed by atoms with Crippen molar-refractivity contribution in [2.45, 2.75) is 18.9 Å². The Kier molecular flexibility index (Phi) is 9.33. The van der Waals surface area contributed by atoms with Gasteiger partial charge in [0, 0.05) is 38.4 Å². The van der Waals surface area contributed by atoms with Gasteiger partial charge in [0.1, 0.15) is 0 Å². The van der Waals surface area contributed by atoms with E-state index in [0.717, 1.165) is 17.7 Å². The van der Waals surface area contributed by atoms with Crippen molar-refractivity contribution in [1.82, 2.24) is 19.9 Å². The maximum atomic E-state index is 13.1. The van der Waals surface area contributed by atoms with E-state index in [1.54, 1.807) is 4.90 Å². The maximum absolute atomic E-state index is 13.1. The first kappa shape index (κ1) is 30.7. The van der Waals surface area contributed by atoms with Gasteiger partial charge in [-0.2, -0.15) is 41.3 Å². The molecular formula is C26H28F6N6O4. The molecule has 0 aliphatic carbocycles. The van der Waals surface area contributed by atoms with E-state index in [1.807, 2.05) is 12.1 Å². The molecule has 2 aromatic carbocycles. The molecule has 1 N–H and O–H groups in total. The lowest BCUT2D eigenvalue weighted by molar-refractivity contribution is -0.154. The highest BCUT2D eigenvalue weighted by Gasteiger charge is 2.31. The molecule has 0 radical (unpaired) electrons. The second kappa shape index (κ2) is 12.8. The SMILES string of the molecule is COc1cc(CN2CCN(c3nc(Nc4cccc(C(F)(F)F)c4)nc(OCC(F)(F)F)n3)CC2)cc(OC)c1OC. The van der Waals surface area contributed by atoms with E-state index in [9.17, 15) is 26.3 Å². The average Bonchev–Trinajstić information content (AvgIpc) is 2.95. The highest BCUT2D eigenvalue weighted by molar-refractivity contribution is 5.56. The molecule has 1 aliphatic rings. The Morgan fingerprint density at radius 2 is 1.50 bits per heavy atom. The summed E-state index contributed by atoms with van der Waals surface area (Å²) in [6.45, 7) is 0.771. The summed E-state index contributed by atoms with van der Waals surface area (Å²) in [6.07, 6.45) is -9.25. The molecule has 1 aromatic heterocycles. The molecule has 10 nitrogen and oxygen atoms in total. The minimum atomic E-state index is -4.65. The largest absolute Gasteiger partial charge is 0.493 e. The van der Waals surface area contributed by atoms with Crippen LogP contribution < -0.4 is 29.2 Å². The van der Waals surface area contributed by atoms with Crippen LogP contribution in [0.5, 0.6) is 23.3 Å². The second-order valence-electron chi connectivity index (χ2n) is 9.15. The van der Waals surface area contributed by atoms with Crippen molar-refractivity contribution in [1.29, 1.82) is 0 Å². The van der Waals surface area contributed by atoms with Gasteiger partial charge in [0.25, 0.3) is 0 Å². The number of aromatic nitrogens is 3. The molecule has 0 spiro atoms. The molecule has 0 amide bonds. The highest BCUT2D eigenvalue weighted by atomic mass is 19.4. The summed E-state index contributed by atoms with van der Waals surface area (Å²) < 4.78 is 98.8. The maximum Gasteiger partial charge on any atom is 0.422 e. The first-order chi connectivity index (χ1) is 19.9. The third kappa shape index (κ3) is 7.96. The van der Waals surface area contributed by atoms with Gasteiger partial charge >= 0.3 is 18.4 Å². The van der Waals surface area contributed by atoms with Gasteiger partial charge < -0.3 is 29.2 Å². The fourth-order valence-electron chi connectivity index (χ4n) is 4.25. The lowest BCUT2D eigenvalue weighted by Gasteiger charge is -2.35. The number of alkyl halides is 6. The number of rotatable bonds is 10. The predicted octanol–water partition coefficient (Wildman–Crippen LogP) is 4.92. The number of anilines is 3. The summed E-state index contributed by atoms with van der Waals surface area (Å²) in [5.41, 5.74) is -0.0222. The van der Waals surface area contributed by atoms with Crippen LogP contribution >= 0.6 is 0 Å². The van der Waals surface area contributed by atoms with Gasteiger partial charge in [-0.1, -0.05) is 6.07 Å². The normalized spacial score (nSPS) is 14.5. The molecule has 0 saturated carbocycles. The predicted molar refractivity (Wildman–Crippen MR) is 140 cm³/mol. The Balaban J connectivity index is 1.51. The van der Waals surface area contributed by atoms with Crippen molar-refractivity contribution < 1.29 is 45.3 Å². The van der Waals surface area contributed by atoms with E-state index < -0.39 is 30.5 Å². The molecule has 0 bridgehead atoms. The monoisotopic (exact) mass is 602 g/mol. The number of ether oxygens (including phenoxy) is 4. The molecule has 3 aromatic rings. The minimum Gasteiger partial charge on any atom is -0.493 e. The molecule has 1 saturated heterocycles. The molecule has 2 heterocycles. The summed E-state index contributed by atoms with van der Waals surface area (Å²) >= 11 is 0. The molecular weight excluding hydrogens is 574 g/mol. The van der Waals surface area contributed by atoms with Gasteiger partial charge in [-0.05, 0) is 35.9 Å². The van der Waals surface area contributed by atoms with Crippen LogP contribution in [-0.4, -0.2) is 80.1 Å². The minimum absolute atomic E-state index is 0.0149. The van der Waals surface area contributed by atoms with Gasteiger partial charge in [0.15, 0.2) is 18.1 Å². The lowest BCUT2D eigenvalue weighted by Crippen LogP contribution is -2.46. The Morgan fingerprint density at radius 3 is 2.07 bits per heavy atom. The molecule has 228 valence electrons. The Bertz CT molecular complexity index is 1340. The zero-order chi connectivity index (χ0) is 30.5. The molecule has 42 heavy (non-hydrogen) atoms. The number of nitrogens with one attached hydrogen (secondary N) is 1.